The highest BCUT2D eigenvalue weighted by molar-refractivity contribution is 6.30. The van der Waals surface area contributed by atoms with Crippen LogP contribution in [-0.2, 0) is 0 Å². The average Bonchev–Trinajstić information content (AvgIpc) is 2.62. The SMILES string of the molecule is c1ccc(-c2nc(-c3ccccc3)nc(-n3c4ccccc4c4cc5c(cc43)c3c4c6ccccc6n(-c6nc(-c7ccccc7)nc(-c7ccccc7)n6)c4ccc3n5-c3nc(-c4ccccc4)nc(-c4ccccc4)n3)n2)cc1. The van der Waals surface area contributed by atoms with Crippen LogP contribution in [0.1, 0.15) is 0 Å². The molecule has 16 rings (SSSR count). The molecule has 6 heterocycles. The summed E-state index contributed by atoms with van der Waals surface area (Å²) in [6, 6.07) is 86.5. The topological polar surface area (TPSA) is 131 Å². The summed E-state index contributed by atoms with van der Waals surface area (Å²) in [5, 5.41) is 6.00. The molecular weight excluding hydrogens is 997 g/mol. The Labute approximate surface area is 462 Å². The Hall–Kier alpha value is -11.4. The molecule has 12 heteroatoms. The molecule has 0 atom stereocenters. The predicted octanol–water partition coefficient (Wildman–Crippen LogP) is 15.5. The number of fused-ring (bicyclic) bond motifs is 10. The zero-order valence-electron chi connectivity index (χ0n) is 43.1. The first kappa shape index (κ1) is 45.8. The normalized spacial score (nSPS) is 11.7. The molecule has 10 aromatic carbocycles. The van der Waals surface area contributed by atoms with E-state index in [1.165, 1.54) is 0 Å². The van der Waals surface area contributed by atoms with E-state index in [2.05, 4.69) is 86.5 Å². The van der Waals surface area contributed by atoms with Gasteiger partial charge in [-0.1, -0.05) is 218 Å². The van der Waals surface area contributed by atoms with E-state index in [4.69, 9.17) is 44.9 Å². The number of aromatic nitrogens is 12. The van der Waals surface area contributed by atoms with Gasteiger partial charge >= 0.3 is 0 Å². The lowest BCUT2D eigenvalue weighted by Gasteiger charge is -2.12. The zero-order chi connectivity index (χ0) is 53.4. The molecule has 0 aliphatic rings. The van der Waals surface area contributed by atoms with Crippen molar-refractivity contribution in [1.29, 1.82) is 0 Å². The number of nitrogens with zero attached hydrogens (tertiary/aromatic N) is 12. The van der Waals surface area contributed by atoms with Gasteiger partial charge in [0, 0.05) is 65.7 Å². The molecule has 6 aromatic heterocycles. The van der Waals surface area contributed by atoms with Gasteiger partial charge in [0.25, 0.3) is 0 Å². The van der Waals surface area contributed by atoms with E-state index >= 15 is 0 Å². The van der Waals surface area contributed by atoms with E-state index in [0.717, 1.165) is 98.8 Å². The number of hydrogen-bond donors (Lipinski definition) is 0. The van der Waals surface area contributed by atoms with E-state index < -0.39 is 0 Å². The fourth-order valence-corrected chi connectivity index (χ4v) is 11.4. The Morgan fingerprint density at radius 2 is 0.444 bits per heavy atom. The monoisotopic (exact) mass is 1040 g/mol. The molecule has 12 nitrogen and oxygen atoms in total. The first-order chi connectivity index (χ1) is 40.2. The summed E-state index contributed by atoms with van der Waals surface area (Å²) in [4.78, 5) is 47.3. The Bertz CT molecular complexity index is 4910. The maximum absolute atomic E-state index is 5.39. The number of hydrogen-bond acceptors (Lipinski definition) is 9. The summed E-state index contributed by atoms with van der Waals surface area (Å²) in [7, 11) is 0. The van der Waals surface area contributed by atoms with Crippen molar-refractivity contribution in [3.05, 3.63) is 255 Å². The Balaban J connectivity index is 1.05. The van der Waals surface area contributed by atoms with Crippen molar-refractivity contribution in [2.75, 3.05) is 0 Å². The van der Waals surface area contributed by atoms with E-state index in [0.29, 0.717) is 52.8 Å². The second-order valence-corrected chi connectivity index (χ2v) is 19.8. The quantitative estimate of drug-likeness (QED) is 0.139. The average molecular weight is 1040 g/mol. The Kier molecular flexibility index (Phi) is 10.6. The van der Waals surface area contributed by atoms with Crippen molar-refractivity contribution in [1.82, 2.24) is 58.6 Å². The van der Waals surface area contributed by atoms with E-state index in [-0.39, 0.29) is 0 Å². The van der Waals surface area contributed by atoms with Gasteiger partial charge in [-0.05, 0) is 36.4 Å². The largest absolute Gasteiger partial charge is 0.278 e. The summed E-state index contributed by atoms with van der Waals surface area (Å²) < 4.78 is 6.56. The van der Waals surface area contributed by atoms with Crippen molar-refractivity contribution >= 4 is 65.4 Å². The van der Waals surface area contributed by atoms with Gasteiger partial charge in [-0.3, -0.25) is 13.7 Å². The van der Waals surface area contributed by atoms with Crippen molar-refractivity contribution in [2.45, 2.75) is 0 Å². The maximum Gasteiger partial charge on any atom is 0.238 e. The summed E-state index contributed by atoms with van der Waals surface area (Å²) in [6.45, 7) is 0. The second-order valence-electron chi connectivity index (χ2n) is 19.8. The molecule has 0 radical (unpaired) electrons. The van der Waals surface area contributed by atoms with Crippen LogP contribution in [-0.4, -0.2) is 58.6 Å². The van der Waals surface area contributed by atoms with Crippen LogP contribution >= 0.6 is 0 Å². The van der Waals surface area contributed by atoms with Crippen molar-refractivity contribution in [3.8, 4) is 86.2 Å². The number of benzene rings is 10. The highest BCUT2D eigenvalue weighted by Gasteiger charge is 2.27. The van der Waals surface area contributed by atoms with Crippen molar-refractivity contribution in [2.24, 2.45) is 0 Å². The molecule has 0 unspecified atom stereocenters. The maximum atomic E-state index is 5.39. The van der Waals surface area contributed by atoms with Gasteiger partial charge in [-0.2, -0.15) is 29.9 Å². The van der Waals surface area contributed by atoms with Crippen LogP contribution in [0.5, 0.6) is 0 Å². The predicted molar refractivity (Wildman–Crippen MR) is 322 cm³/mol. The fraction of sp³-hybridized carbons (Fsp3) is 0. The molecule has 0 bridgehead atoms. The summed E-state index contributed by atoms with van der Waals surface area (Å²) in [6.07, 6.45) is 0. The minimum atomic E-state index is 0.476. The first-order valence-electron chi connectivity index (χ1n) is 26.7. The fourth-order valence-electron chi connectivity index (χ4n) is 11.4. The van der Waals surface area contributed by atoms with Crippen LogP contribution in [0.2, 0.25) is 0 Å². The van der Waals surface area contributed by atoms with Crippen LogP contribution in [0.15, 0.2) is 255 Å². The van der Waals surface area contributed by atoms with Crippen LogP contribution in [0.25, 0.3) is 152 Å². The van der Waals surface area contributed by atoms with Crippen LogP contribution in [0.3, 0.4) is 0 Å². The molecule has 378 valence electrons. The second kappa shape index (κ2) is 18.7. The zero-order valence-corrected chi connectivity index (χ0v) is 43.1. The van der Waals surface area contributed by atoms with Gasteiger partial charge in [-0.15, -0.1) is 0 Å². The first-order valence-corrected chi connectivity index (χ1v) is 26.7. The lowest BCUT2D eigenvalue weighted by atomic mass is 10.0. The Morgan fingerprint density at radius 1 is 0.185 bits per heavy atom. The number of para-hydroxylation sites is 2. The standard InChI is InChI=1S/C69H42N12/c1-7-23-43(24-8-1)61-70-62(44-25-9-2-10-26-44)74-67(73-61)79-54-38-22-20-36-50(54)59-55(79)39-40-56-60(59)52-42-57-51(41-58(52)81(56)69-77-65(47-31-15-5-16-32-47)72-66(78-69)48-33-17-6-18-34-48)49-35-19-21-37-53(49)80(57)68-75-63(45-27-11-3-12-28-45)71-64(76-68)46-29-13-4-14-30-46/h1-42H. The third kappa shape index (κ3) is 7.65. The summed E-state index contributed by atoms with van der Waals surface area (Å²) >= 11 is 0. The third-order valence-electron chi connectivity index (χ3n) is 15.0. The molecule has 0 spiro atoms. The summed E-state index contributed by atoms with van der Waals surface area (Å²) in [5.41, 5.74) is 10.8. The number of rotatable bonds is 9. The van der Waals surface area contributed by atoms with Gasteiger partial charge in [0.05, 0.1) is 33.1 Å². The van der Waals surface area contributed by atoms with Crippen LogP contribution in [0.4, 0.5) is 0 Å². The van der Waals surface area contributed by atoms with E-state index in [1.54, 1.807) is 0 Å². The van der Waals surface area contributed by atoms with E-state index in [1.807, 2.05) is 182 Å². The lowest BCUT2D eigenvalue weighted by molar-refractivity contribution is 0.950. The summed E-state index contributed by atoms with van der Waals surface area (Å²) in [5.74, 6) is 4.86. The van der Waals surface area contributed by atoms with Crippen molar-refractivity contribution in [3.63, 3.8) is 0 Å². The van der Waals surface area contributed by atoms with Gasteiger partial charge in [-0.25, -0.2) is 15.0 Å². The Morgan fingerprint density at radius 3 is 0.815 bits per heavy atom. The molecule has 0 aliphatic heterocycles. The van der Waals surface area contributed by atoms with E-state index in [9.17, 15) is 0 Å². The minimum absolute atomic E-state index is 0.476. The molecule has 16 aromatic rings. The molecule has 0 aliphatic carbocycles. The van der Waals surface area contributed by atoms with Gasteiger partial charge < -0.3 is 0 Å². The van der Waals surface area contributed by atoms with Gasteiger partial charge in [0.15, 0.2) is 34.9 Å². The smallest absolute Gasteiger partial charge is 0.238 e. The third-order valence-corrected chi connectivity index (χ3v) is 15.0. The minimum Gasteiger partial charge on any atom is -0.278 e. The molecule has 0 fully saturated rings. The molecule has 81 heavy (non-hydrogen) atoms. The van der Waals surface area contributed by atoms with Crippen molar-refractivity contribution < 1.29 is 0 Å². The van der Waals surface area contributed by atoms with Crippen LogP contribution in [0, 0.1) is 0 Å². The lowest BCUT2D eigenvalue weighted by Crippen LogP contribution is -2.07. The van der Waals surface area contributed by atoms with Crippen LogP contribution < -0.4 is 0 Å². The highest BCUT2D eigenvalue weighted by atomic mass is 15.2. The van der Waals surface area contributed by atoms with Gasteiger partial charge in [0.1, 0.15) is 0 Å². The molecule has 0 saturated heterocycles. The molecular formula is C69H42N12. The van der Waals surface area contributed by atoms with Gasteiger partial charge in [0.2, 0.25) is 17.8 Å². The molecule has 0 amide bonds. The molecule has 0 saturated carbocycles. The highest BCUT2D eigenvalue weighted by Crippen LogP contribution is 2.45. The molecule has 0 N–H and O–H groups in total.